The van der Waals surface area contributed by atoms with Crippen LogP contribution in [-0.2, 0) is 4.74 Å². The molecular formula is C20H40N6O. The van der Waals surface area contributed by atoms with E-state index in [1.54, 1.807) is 0 Å². The Bertz CT molecular complexity index is 446. The van der Waals surface area contributed by atoms with Gasteiger partial charge in [0.1, 0.15) is 0 Å². The van der Waals surface area contributed by atoms with E-state index in [9.17, 15) is 0 Å². The molecule has 27 heavy (non-hydrogen) atoms. The predicted molar refractivity (Wildman–Crippen MR) is 112 cm³/mol. The van der Waals surface area contributed by atoms with E-state index >= 15 is 0 Å². The highest BCUT2D eigenvalue weighted by molar-refractivity contribution is 5.80. The Kier molecular flexibility index (Phi) is 8.64. The van der Waals surface area contributed by atoms with Gasteiger partial charge < -0.3 is 24.8 Å². The number of aliphatic imine (C=N–C) groups is 1. The van der Waals surface area contributed by atoms with Gasteiger partial charge in [0.2, 0.25) is 0 Å². The van der Waals surface area contributed by atoms with Crippen LogP contribution in [0.25, 0.3) is 0 Å². The lowest BCUT2D eigenvalue weighted by atomic mass is 10.2. The first kappa shape index (κ1) is 20.8. The molecule has 7 heteroatoms. The summed E-state index contributed by atoms with van der Waals surface area (Å²) in [5.74, 6) is 1.09. The molecule has 1 atom stereocenters. The van der Waals surface area contributed by atoms with Crippen LogP contribution in [0.3, 0.4) is 0 Å². The average molecular weight is 381 g/mol. The molecule has 3 saturated heterocycles. The third-order valence-corrected chi connectivity index (χ3v) is 6.33. The van der Waals surface area contributed by atoms with Crippen LogP contribution in [0.5, 0.6) is 0 Å². The number of ether oxygens (including phenoxy) is 1. The zero-order valence-corrected chi connectivity index (χ0v) is 17.5. The maximum Gasteiger partial charge on any atom is 0.193 e. The number of guanidine groups is 1. The van der Waals surface area contributed by atoms with E-state index in [1.807, 2.05) is 7.05 Å². The largest absolute Gasteiger partial charge is 0.379 e. The van der Waals surface area contributed by atoms with Crippen molar-refractivity contribution in [3.05, 3.63) is 0 Å². The molecule has 0 amide bonds. The van der Waals surface area contributed by atoms with Crippen molar-refractivity contribution in [2.75, 3.05) is 92.3 Å². The second kappa shape index (κ2) is 11.2. The van der Waals surface area contributed by atoms with E-state index in [1.165, 1.54) is 58.5 Å². The van der Waals surface area contributed by atoms with E-state index in [0.29, 0.717) is 6.04 Å². The number of likely N-dealkylation sites (N-methyl/N-ethyl adjacent to an activating group) is 1. The van der Waals surface area contributed by atoms with E-state index in [4.69, 9.17) is 4.74 Å². The fourth-order valence-corrected chi connectivity index (χ4v) is 4.50. The van der Waals surface area contributed by atoms with Crippen LogP contribution >= 0.6 is 0 Å². The standard InChI is InChI=1S/C20H40N6O/c1-3-23-10-12-24(13-11-23)8-5-4-7-22-20(21-2)26-9-6-19(18-26)25-14-16-27-17-15-25/h19H,3-18H2,1-2H3,(H,21,22). The van der Waals surface area contributed by atoms with Gasteiger partial charge in [0.05, 0.1) is 13.2 Å². The smallest absolute Gasteiger partial charge is 0.193 e. The quantitative estimate of drug-likeness (QED) is 0.392. The van der Waals surface area contributed by atoms with Gasteiger partial charge in [0.15, 0.2) is 5.96 Å². The van der Waals surface area contributed by atoms with Gasteiger partial charge in [-0.1, -0.05) is 6.92 Å². The third-order valence-electron chi connectivity index (χ3n) is 6.33. The van der Waals surface area contributed by atoms with Crippen molar-refractivity contribution >= 4 is 5.96 Å². The molecule has 0 saturated carbocycles. The molecule has 1 N–H and O–H groups in total. The summed E-state index contributed by atoms with van der Waals surface area (Å²) in [5.41, 5.74) is 0. The SMILES string of the molecule is CCN1CCN(CCCCNC(=NC)N2CCC(N3CCOCC3)C2)CC1. The van der Waals surface area contributed by atoms with Crippen molar-refractivity contribution in [2.45, 2.75) is 32.2 Å². The Morgan fingerprint density at radius 3 is 2.44 bits per heavy atom. The first-order valence-corrected chi connectivity index (χ1v) is 11.0. The minimum absolute atomic E-state index is 0.661. The summed E-state index contributed by atoms with van der Waals surface area (Å²) in [6, 6.07) is 0.661. The molecular weight excluding hydrogens is 340 g/mol. The lowest BCUT2D eigenvalue weighted by molar-refractivity contribution is 0.0195. The topological polar surface area (TPSA) is 46.6 Å². The highest BCUT2D eigenvalue weighted by Gasteiger charge is 2.30. The summed E-state index contributed by atoms with van der Waals surface area (Å²) in [5, 5.41) is 3.59. The highest BCUT2D eigenvalue weighted by atomic mass is 16.5. The maximum absolute atomic E-state index is 5.49. The molecule has 3 heterocycles. The summed E-state index contributed by atoms with van der Waals surface area (Å²) in [4.78, 5) is 14.7. The number of hydrogen-bond donors (Lipinski definition) is 1. The molecule has 3 aliphatic heterocycles. The molecule has 156 valence electrons. The Balaban J connectivity index is 1.28. The highest BCUT2D eigenvalue weighted by Crippen LogP contribution is 2.17. The van der Waals surface area contributed by atoms with Crippen LogP contribution in [-0.4, -0.2) is 124 Å². The van der Waals surface area contributed by atoms with Crippen molar-refractivity contribution in [1.29, 1.82) is 0 Å². The number of morpholine rings is 1. The minimum atomic E-state index is 0.661. The zero-order valence-electron chi connectivity index (χ0n) is 17.5. The first-order valence-electron chi connectivity index (χ1n) is 11.0. The van der Waals surface area contributed by atoms with Crippen molar-refractivity contribution in [2.24, 2.45) is 4.99 Å². The Morgan fingerprint density at radius 1 is 1.00 bits per heavy atom. The fraction of sp³-hybridized carbons (Fsp3) is 0.950. The number of hydrogen-bond acceptors (Lipinski definition) is 5. The van der Waals surface area contributed by atoms with Gasteiger partial charge in [-0.25, -0.2) is 0 Å². The lowest BCUT2D eigenvalue weighted by Crippen LogP contribution is -2.47. The fourth-order valence-electron chi connectivity index (χ4n) is 4.50. The van der Waals surface area contributed by atoms with Gasteiger partial charge in [-0.2, -0.15) is 0 Å². The average Bonchev–Trinajstić information content (AvgIpc) is 3.22. The van der Waals surface area contributed by atoms with Gasteiger partial charge in [-0.05, 0) is 32.4 Å². The predicted octanol–water partition coefficient (Wildman–Crippen LogP) is 0.386. The van der Waals surface area contributed by atoms with Crippen molar-refractivity contribution in [1.82, 2.24) is 24.9 Å². The van der Waals surface area contributed by atoms with E-state index in [2.05, 4.69) is 36.8 Å². The molecule has 0 aromatic carbocycles. The number of nitrogens with one attached hydrogen (secondary N) is 1. The summed E-state index contributed by atoms with van der Waals surface area (Å²) in [6.07, 6.45) is 3.73. The van der Waals surface area contributed by atoms with Gasteiger partial charge >= 0.3 is 0 Å². The monoisotopic (exact) mass is 380 g/mol. The maximum atomic E-state index is 5.49. The molecule has 0 spiro atoms. The Hall–Kier alpha value is -0.890. The second-order valence-electron chi connectivity index (χ2n) is 7.99. The summed E-state index contributed by atoms with van der Waals surface area (Å²) in [7, 11) is 1.91. The van der Waals surface area contributed by atoms with Crippen molar-refractivity contribution in [3.8, 4) is 0 Å². The Morgan fingerprint density at radius 2 is 1.74 bits per heavy atom. The molecule has 0 aromatic heterocycles. The first-order chi connectivity index (χ1) is 13.3. The van der Waals surface area contributed by atoms with E-state index in [-0.39, 0.29) is 0 Å². The van der Waals surface area contributed by atoms with Crippen molar-refractivity contribution in [3.63, 3.8) is 0 Å². The molecule has 0 aromatic rings. The molecule has 3 rings (SSSR count). The number of likely N-dealkylation sites (tertiary alicyclic amines) is 1. The van der Waals surface area contributed by atoms with Gasteiger partial charge in [-0.15, -0.1) is 0 Å². The van der Waals surface area contributed by atoms with Crippen LogP contribution in [0.1, 0.15) is 26.2 Å². The zero-order chi connectivity index (χ0) is 18.9. The molecule has 3 fully saturated rings. The number of rotatable bonds is 7. The number of unbranched alkanes of at least 4 members (excludes halogenated alkanes) is 1. The summed E-state index contributed by atoms with van der Waals surface area (Å²) in [6.45, 7) is 16.8. The molecule has 0 bridgehead atoms. The Labute approximate surface area is 165 Å². The summed E-state index contributed by atoms with van der Waals surface area (Å²) < 4.78 is 5.49. The van der Waals surface area contributed by atoms with Crippen LogP contribution in [0, 0.1) is 0 Å². The molecule has 0 aliphatic carbocycles. The number of piperazine rings is 1. The van der Waals surface area contributed by atoms with Gasteiger partial charge in [-0.3, -0.25) is 9.89 Å². The van der Waals surface area contributed by atoms with Crippen molar-refractivity contribution < 1.29 is 4.74 Å². The molecule has 7 nitrogen and oxygen atoms in total. The van der Waals surface area contributed by atoms with Crippen LogP contribution in [0.2, 0.25) is 0 Å². The van der Waals surface area contributed by atoms with Gasteiger partial charge in [0.25, 0.3) is 0 Å². The molecule has 0 radical (unpaired) electrons. The lowest BCUT2D eigenvalue weighted by Gasteiger charge is -2.34. The van der Waals surface area contributed by atoms with E-state index < -0.39 is 0 Å². The third kappa shape index (κ3) is 6.31. The summed E-state index contributed by atoms with van der Waals surface area (Å²) >= 11 is 0. The molecule has 1 unspecified atom stereocenters. The normalized spacial score (nSPS) is 26.7. The van der Waals surface area contributed by atoms with Gasteiger partial charge in [0, 0.05) is 72.0 Å². The van der Waals surface area contributed by atoms with Crippen LogP contribution < -0.4 is 5.32 Å². The van der Waals surface area contributed by atoms with Crippen LogP contribution in [0.15, 0.2) is 4.99 Å². The minimum Gasteiger partial charge on any atom is -0.379 e. The number of nitrogens with zero attached hydrogens (tertiary/aromatic N) is 5. The second-order valence-corrected chi connectivity index (χ2v) is 7.99. The van der Waals surface area contributed by atoms with Crippen LogP contribution in [0.4, 0.5) is 0 Å². The molecule has 3 aliphatic rings. The van der Waals surface area contributed by atoms with E-state index in [0.717, 1.165) is 51.9 Å².